The number of benzene rings is 3. The first-order valence-corrected chi connectivity index (χ1v) is 18.2. The van der Waals surface area contributed by atoms with Gasteiger partial charge in [0.2, 0.25) is 5.88 Å². The van der Waals surface area contributed by atoms with E-state index in [1.165, 1.54) is 58.2 Å². The van der Waals surface area contributed by atoms with Crippen molar-refractivity contribution in [3.63, 3.8) is 0 Å². The molecule has 254 valence electrons. The zero-order valence-electron chi connectivity index (χ0n) is 26.6. The number of aromatic nitrogens is 2. The van der Waals surface area contributed by atoms with Crippen molar-refractivity contribution in [1.82, 2.24) is 9.78 Å². The highest BCUT2D eigenvalue weighted by molar-refractivity contribution is 7.86. The van der Waals surface area contributed by atoms with Crippen LogP contribution in [0, 0.1) is 0 Å². The number of aryl methyl sites for hydroxylation is 1. The van der Waals surface area contributed by atoms with Gasteiger partial charge in [-0.05, 0) is 84.7 Å². The maximum Gasteiger partial charge on any atom is 0.294 e. The van der Waals surface area contributed by atoms with Gasteiger partial charge in [-0.2, -0.15) is 32.0 Å². The van der Waals surface area contributed by atoms with Crippen molar-refractivity contribution in [2.45, 2.75) is 49.3 Å². The summed E-state index contributed by atoms with van der Waals surface area (Å²) >= 11 is 0. The van der Waals surface area contributed by atoms with Gasteiger partial charge in [-0.25, -0.2) is 4.68 Å². The molecule has 4 aromatic rings. The topological polar surface area (TPSA) is 179 Å². The van der Waals surface area contributed by atoms with E-state index in [9.17, 15) is 35.8 Å². The van der Waals surface area contributed by atoms with Crippen LogP contribution in [0.1, 0.15) is 49.9 Å². The normalized spacial score (nSPS) is 15.1. The van der Waals surface area contributed by atoms with Gasteiger partial charge in [-0.1, -0.05) is 69.2 Å². The number of aromatic hydroxyl groups is 1. The Hall–Kier alpha value is -5.15. The fourth-order valence-corrected chi connectivity index (χ4v) is 6.16. The van der Waals surface area contributed by atoms with E-state index in [4.69, 9.17) is 0 Å². The Bertz CT molecular complexity index is 2200. The molecule has 0 saturated carbocycles. The molecule has 2 heterocycles. The van der Waals surface area contributed by atoms with Crippen LogP contribution < -0.4 is 5.01 Å². The number of allylic oxidation sites excluding steroid dienone is 4. The van der Waals surface area contributed by atoms with E-state index < -0.39 is 26.1 Å². The van der Waals surface area contributed by atoms with Crippen molar-refractivity contribution >= 4 is 49.2 Å². The second kappa shape index (κ2) is 14.5. The summed E-state index contributed by atoms with van der Waals surface area (Å²) in [6.45, 7) is 3.94. The third-order valence-corrected chi connectivity index (χ3v) is 9.36. The summed E-state index contributed by atoms with van der Waals surface area (Å²) in [5.41, 5.74) is 4.26. The minimum Gasteiger partial charge on any atom is -0.493 e. The van der Waals surface area contributed by atoms with Gasteiger partial charge in [-0.3, -0.25) is 13.9 Å². The van der Waals surface area contributed by atoms with Crippen LogP contribution in [0.4, 0.5) is 5.69 Å². The van der Waals surface area contributed by atoms with E-state index in [-0.39, 0.29) is 15.7 Å². The lowest BCUT2D eigenvalue weighted by Gasteiger charge is -2.11. The van der Waals surface area contributed by atoms with E-state index in [0.717, 1.165) is 18.4 Å². The molecular weight excluding hydrogens is 669 g/mol. The molecule has 3 N–H and O–H groups in total. The first-order valence-electron chi connectivity index (χ1n) is 15.4. The second-order valence-corrected chi connectivity index (χ2v) is 13.9. The van der Waals surface area contributed by atoms with E-state index in [2.05, 4.69) is 10.2 Å². The molecule has 14 heteroatoms. The molecule has 0 fully saturated rings. The third kappa shape index (κ3) is 7.95. The summed E-state index contributed by atoms with van der Waals surface area (Å²) < 4.78 is 65.9. The SMILES string of the molecule is CCCC1=NN(c2ccc(S(=O)(=O)O)cc2)C(=O)C1=CC=C(C=Cc1c(CCC)nn(-c2ccc(S(=O)(=O)O)cc2)c1O)c1ccccc1. The van der Waals surface area contributed by atoms with Gasteiger partial charge in [-0.15, -0.1) is 0 Å². The number of nitrogens with zero attached hydrogens (tertiary/aromatic N) is 4. The average molecular weight is 703 g/mol. The summed E-state index contributed by atoms with van der Waals surface area (Å²) in [4.78, 5) is 13.0. The largest absolute Gasteiger partial charge is 0.493 e. The molecule has 0 aliphatic carbocycles. The summed E-state index contributed by atoms with van der Waals surface area (Å²) in [6.07, 6.45) is 9.52. The van der Waals surface area contributed by atoms with Crippen molar-refractivity contribution in [3.05, 3.63) is 119 Å². The highest BCUT2D eigenvalue weighted by Gasteiger charge is 2.30. The molecule has 12 nitrogen and oxygen atoms in total. The zero-order chi connectivity index (χ0) is 35.3. The Morgan fingerprint density at radius 2 is 1.37 bits per heavy atom. The van der Waals surface area contributed by atoms with Crippen molar-refractivity contribution < 1.29 is 35.8 Å². The number of carbonyl (C=O) groups excluding carboxylic acids is 1. The predicted octanol–water partition coefficient (Wildman–Crippen LogP) is 6.25. The van der Waals surface area contributed by atoms with Crippen LogP contribution in [-0.4, -0.2) is 52.4 Å². The van der Waals surface area contributed by atoms with Gasteiger partial charge < -0.3 is 5.11 Å². The molecule has 1 aromatic heterocycles. The van der Waals surface area contributed by atoms with E-state index in [1.54, 1.807) is 24.3 Å². The van der Waals surface area contributed by atoms with Gasteiger partial charge in [0.15, 0.2) is 0 Å². The Labute approximate surface area is 284 Å². The van der Waals surface area contributed by atoms with Crippen molar-refractivity contribution in [2.75, 3.05) is 5.01 Å². The summed E-state index contributed by atoms with van der Waals surface area (Å²) in [5, 5.41) is 21.6. The fraction of sp³-hybridized carbons (Fsp3) is 0.171. The van der Waals surface area contributed by atoms with Crippen LogP contribution in [-0.2, 0) is 31.5 Å². The lowest BCUT2D eigenvalue weighted by molar-refractivity contribution is -0.114. The van der Waals surface area contributed by atoms with Crippen LogP contribution in [0.2, 0.25) is 0 Å². The van der Waals surface area contributed by atoms with Crippen molar-refractivity contribution in [2.24, 2.45) is 5.10 Å². The van der Waals surface area contributed by atoms with Gasteiger partial charge in [0.1, 0.15) is 0 Å². The number of anilines is 1. The van der Waals surface area contributed by atoms with Crippen molar-refractivity contribution in [1.29, 1.82) is 0 Å². The molecule has 0 bridgehead atoms. The Balaban J connectivity index is 1.53. The van der Waals surface area contributed by atoms with Crippen LogP contribution >= 0.6 is 0 Å². The van der Waals surface area contributed by atoms with Gasteiger partial charge >= 0.3 is 0 Å². The van der Waals surface area contributed by atoms with Gasteiger partial charge in [0, 0.05) is 0 Å². The maximum absolute atomic E-state index is 13.6. The van der Waals surface area contributed by atoms with E-state index in [1.807, 2.05) is 44.2 Å². The smallest absolute Gasteiger partial charge is 0.294 e. The number of rotatable bonds is 12. The summed E-state index contributed by atoms with van der Waals surface area (Å²) in [7, 11) is -8.79. The third-order valence-electron chi connectivity index (χ3n) is 7.63. The quantitative estimate of drug-likeness (QED) is 0.0874. The molecule has 0 atom stereocenters. The highest BCUT2D eigenvalue weighted by atomic mass is 32.2. The van der Waals surface area contributed by atoms with Crippen LogP contribution in [0.25, 0.3) is 17.3 Å². The molecule has 0 unspecified atom stereocenters. The summed E-state index contributed by atoms with van der Waals surface area (Å²) in [6, 6.07) is 19.9. The predicted molar refractivity (Wildman–Crippen MR) is 187 cm³/mol. The fourth-order valence-electron chi connectivity index (χ4n) is 5.20. The van der Waals surface area contributed by atoms with Crippen LogP contribution in [0.15, 0.2) is 118 Å². The van der Waals surface area contributed by atoms with Crippen LogP contribution in [0.5, 0.6) is 5.88 Å². The molecule has 1 aliphatic heterocycles. The zero-order valence-corrected chi connectivity index (χ0v) is 28.3. The first-order chi connectivity index (χ1) is 23.3. The molecule has 0 saturated heterocycles. The Morgan fingerprint density at radius 1 is 0.796 bits per heavy atom. The van der Waals surface area contributed by atoms with Crippen LogP contribution in [0.3, 0.4) is 0 Å². The average Bonchev–Trinajstić information content (AvgIpc) is 3.55. The molecule has 1 aliphatic rings. The second-order valence-electron chi connectivity index (χ2n) is 11.1. The summed E-state index contributed by atoms with van der Waals surface area (Å²) in [5.74, 6) is -0.566. The monoisotopic (exact) mass is 702 g/mol. The molecule has 3 aromatic carbocycles. The molecule has 49 heavy (non-hydrogen) atoms. The number of hydrogen-bond acceptors (Lipinski definition) is 8. The first kappa shape index (κ1) is 35.2. The lowest BCUT2D eigenvalue weighted by atomic mass is 10.0. The van der Waals surface area contributed by atoms with Gasteiger partial charge in [0.25, 0.3) is 26.1 Å². The minimum atomic E-state index is -4.40. The molecule has 1 amide bonds. The molecule has 0 radical (unpaired) electrons. The molecule has 0 spiro atoms. The molecular formula is C35H34N4O8S2. The maximum atomic E-state index is 13.6. The van der Waals surface area contributed by atoms with E-state index >= 15 is 0 Å². The number of hydrogen-bond donors (Lipinski definition) is 3. The van der Waals surface area contributed by atoms with Crippen molar-refractivity contribution in [3.8, 4) is 11.6 Å². The minimum absolute atomic E-state index is 0.163. The Kier molecular flexibility index (Phi) is 10.4. The number of carbonyl (C=O) groups is 1. The Morgan fingerprint density at radius 3 is 1.92 bits per heavy atom. The number of hydrazone groups is 1. The highest BCUT2D eigenvalue weighted by Crippen LogP contribution is 2.31. The molecule has 5 rings (SSSR count). The number of amides is 1. The lowest BCUT2D eigenvalue weighted by Crippen LogP contribution is -2.21. The standard InChI is InChI=1S/C35H34N4O8S2/c1-3-8-32-30(34(40)38(36-32)26-14-18-28(19-15-26)48(42,43)44)22-12-25(24-10-6-5-7-11-24)13-23-31-33(9-4-2)37-39(35(31)41)27-16-20-29(21-17-27)49(45,46)47/h5-7,10-23,40H,3-4,8-9H2,1-2H3,(H,42,43,44)(H,45,46,47). The van der Waals surface area contributed by atoms with Gasteiger partial charge in [0.05, 0.1) is 43.7 Å². The van der Waals surface area contributed by atoms with E-state index in [0.29, 0.717) is 52.3 Å².